The molecule has 1 saturated heterocycles. The second-order valence-corrected chi connectivity index (χ2v) is 7.57. The number of likely N-dealkylation sites (tertiary alicyclic amines) is 1. The molecule has 0 bridgehead atoms. The van der Waals surface area contributed by atoms with Crippen molar-refractivity contribution < 1.29 is 4.74 Å². The van der Waals surface area contributed by atoms with E-state index in [-0.39, 0.29) is 0 Å². The number of unbranched alkanes of at least 4 members (excludes halogenated alkanes) is 1. The number of pyridine rings is 1. The molecular formula is C23H29N3O. The van der Waals surface area contributed by atoms with Gasteiger partial charge >= 0.3 is 0 Å². The van der Waals surface area contributed by atoms with E-state index in [2.05, 4.69) is 47.5 Å². The number of aromatic nitrogens is 1. The van der Waals surface area contributed by atoms with Gasteiger partial charge in [0.05, 0.1) is 23.8 Å². The molecule has 1 aliphatic heterocycles. The second kappa shape index (κ2) is 8.13. The van der Waals surface area contributed by atoms with Gasteiger partial charge in [-0.05, 0) is 82.1 Å². The quantitative estimate of drug-likeness (QED) is 0.474. The molecule has 0 amide bonds. The Morgan fingerprint density at radius 1 is 1.00 bits per heavy atom. The zero-order valence-electron chi connectivity index (χ0n) is 16.4. The molecule has 2 aromatic carbocycles. The predicted octanol–water partition coefficient (Wildman–Crippen LogP) is 4.99. The molecule has 4 rings (SSSR count). The first-order valence-corrected chi connectivity index (χ1v) is 10.1. The number of nitrogens with zero attached hydrogens (tertiary/aromatic N) is 2. The first kappa shape index (κ1) is 18.1. The molecule has 2 heterocycles. The number of methoxy groups -OCH3 is 1. The van der Waals surface area contributed by atoms with Crippen LogP contribution in [0.4, 0.5) is 5.69 Å². The Kier molecular flexibility index (Phi) is 5.44. The minimum absolute atomic E-state index is 0.868. The third-order valence-electron chi connectivity index (χ3n) is 5.54. The maximum Gasteiger partial charge on any atom is 0.119 e. The van der Waals surface area contributed by atoms with Crippen molar-refractivity contribution in [3.05, 3.63) is 42.0 Å². The third kappa shape index (κ3) is 4.01. The topological polar surface area (TPSA) is 37.4 Å². The van der Waals surface area contributed by atoms with Gasteiger partial charge in [0, 0.05) is 17.3 Å². The largest absolute Gasteiger partial charge is 0.497 e. The molecule has 0 aliphatic carbocycles. The molecule has 0 unspecified atom stereocenters. The van der Waals surface area contributed by atoms with Gasteiger partial charge in [-0.15, -0.1) is 0 Å². The summed E-state index contributed by atoms with van der Waals surface area (Å²) in [4.78, 5) is 7.46. The summed E-state index contributed by atoms with van der Waals surface area (Å²) in [6.07, 6.45) is 5.16. The fourth-order valence-corrected chi connectivity index (χ4v) is 4.03. The van der Waals surface area contributed by atoms with E-state index in [9.17, 15) is 0 Å². The zero-order valence-corrected chi connectivity index (χ0v) is 16.4. The van der Waals surface area contributed by atoms with Crippen molar-refractivity contribution in [2.45, 2.75) is 32.6 Å². The summed E-state index contributed by atoms with van der Waals surface area (Å²) < 4.78 is 5.45. The van der Waals surface area contributed by atoms with Gasteiger partial charge in [0.15, 0.2) is 0 Å². The summed E-state index contributed by atoms with van der Waals surface area (Å²) >= 11 is 0. The Morgan fingerprint density at radius 3 is 2.67 bits per heavy atom. The van der Waals surface area contributed by atoms with Gasteiger partial charge in [0.25, 0.3) is 0 Å². The highest BCUT2D eigenvalue weighted by Crippen LogP contribution is 2.33. The van der Waals surface area contributed by atoms with Crippen LogP contribution >= 0.6 is 0 Å². The van der Waals surface area contributed by atoms with Crippen LogP contribution in [-0.4, -0.2) is 43.2 Å². The van der Waals surface area contributed by atoms with Crippen molar-refractivity contribution >= 4 is 27.5 Å². The van der Waals surface area contributed by atoms with Crippen molar-refractivity contribution in [3.63, 3.8) is 0 Å². The van der Waals surface area contributed by atoms with Crippen LogP contribution in [0.3, 0.4) is 0 Å². The highest BCUT2D eigenvalue weighted by molar-refractivity contribution is 6.07. The smallest absolute Gasteiger partial charge is 0.119 e. The molecule has 142 valence electrons. The molecule has 1 N–H and O–H groups in total. The van der Waals surface area contributed by atoms with Gasteiger partial charge in [-0.25, -0.2) is 4.98 Å². The molecule has 0 atom stereocenters. The molecule has 4 heteroatoms. The van der Waals surface area contributed by atoms with Gasteiger partial charge in [0.2, 0.25) is 0 Å². The van der Waals surface area contributed by atoms with Crippen LogP contribution in [0.25, 0.3) is 21.8 Å². The first-order valence-electron chi connectivity index (χ1n) is 10.1. The number of hydrogen-bond donors (Lipinski definition) is 1. The van der Waals surface area contributed by atoms with E-state index in [4.69, 9.17) is 9.72 Å². The molecular weight excluding hydrogens is 334 g/mol. The van der Waals surface area contributed by atoms with E-state index in [1.54, 1.807) is 7.11 Å². The van der Waals surface area contributed by atoms with Gasteiger partial charge in [-0.1, -0.05) is 12.1 Å². The van der Waals surface area contributed by atoms with Crippen molar-refractivity contribution in [2.24, 2.45) is 0 Å². The van der Waals surface area contributed by atoms with Gasteiger partial charge < -0.3 is 15.0 Å². The molecule has 1 aliphatic rings. The normalized spacial score (nSPS) is 14.9. The highest BCUT2D eigenvalue weighted by Gasteiger charge is 2.12. The summed E-state index contributed by atoms with van der Waals surface area (Å²) in [7, 11) is 1.71. The molecule has 1 aromatic heterocycles. The number of hydrogen-bond acceptors (Lipinski definition) is 4. The summed E-state index contributed by atoms with van der Waals surface area (Å²) in [5.74, 6) is 0.868. The van der Waals surface area contributed by atoms with Crippen molar-refractivity contribution in [1.82, 2.24) is 9.88 Å². The monoisotopic (exact) mass is 363 g/mol. The number of benzene rings is 2. The Labute approximate surface area is 161 Å². The zero-order chi connectivity index (χ0) is 18.6. The number of aryl methyl sites for hydroxylation is 1. The lowest BCUT2D eigenvalue weighted by atomic mass is 10.1. The Morgan fingerprint density at radius 2 is 1.85 bits per heavy atom. The molecule has 0 saturated carbocycles. The van der Waals surface area contributed by atoms with Crippen molar-refractivity contribution in [3.8, 4) is 5.75 Å². The van der Waals surface area contributed by atoms with Crippen LogP contribution in [0.1, 0.15) is 31.2 Å². The van der Waals surface area contributed by atoms with Crippen LogP contribution in [0, 0.1) is 6.92 Å². The molecule has 0 radical (unpaired) electrons. The van der Waals surface area contributed by atoms with Gasteiger partial charge in [-0.2, -0.15) is 0 Å². The minimum Gasteiger partial charge on any atom is -0.497 e. The van der Waals surface area contributed by atoms with Crippen molar-refractivity contribution in [1.29, 1.82) is 0 Å². The lowest BCUT2D eigenvalue weighted by Crippen LogP contribution is -2.20. The van der Waals surface area contributed by atoms with Gasteiger partial charge in [-0.3, -0.25) is 0 Å². The lowest BCUT2D eigenvalue weighted by Gasteiger charge is -2.16. The van der Waals surface area contributed by atoms with Crippen LogP contribution in [0.15, 0.2) is 36.4 Å². The third-order valence-corrected chi connectivity index (χ3v) is 5.54. The summed E-state index contributed by atoms with van der Waals surface area (Å²) in [6, 6.07) is 12.6. The van der Waals surface area contributed by atoms with Crippen LogP contribution in [-0.2, 0) is 0 Å². The summed E-state index contributed by atoms with van der Waals surface area (Å²) in [6.45, 7) is 6.89. The summed E-state index contributed by atoms with van der Waals surface area (Å²) in [5.41, 5.74) is 4.47. The fourth-order valence-electron chi connectivity index (χ4n) is 4.03. The molecule has 4 nitrogen and oxygen atoms in total. The van der Waals surface area contributed by atoms with E-state index in [0.29, 0.717) is 0 Å². The predicted molar refractivity (Wildman–Crippen MR) is 114 cm³/mol. The Hall–Kier alpha value is -2.33. The van der Waals surface area contributed by atoms with Crippen LogP contribution < -0.4 is 10.1 Å². The van der Waals surface area contributed by atoms with E-state index in [1.807, 2.05) is 6.07 Å². The molecule has 3 aromatic rings. The van der Waals surface area contributed by atoms with Crippen LogP contribution in [0.2, 0.25) is 0 Å². The number of fused-ring (bicyclic) bond motifs is 2. The minimum atomic E-state index is 0.868. The second-order valence-electron chi connectivity index (χ2n) is 7.57. The Bertz CT molecular complexity index is 932. The fraction of sp³-hybridized carbons (Fsp3) is 0.435. The maximum absolute atomic E-state index is 5.45. The van der Waals surface area contributed by atoms with E-state index < -0.39 is 0 Å². The average Bonchev–Trinajstić information content (AvgIpc) is 3.20. The molecule has 1 fully saturated rings. The van der Waals surface area contributed by atoms with E-state index >= 15 is 0 Å². The Balaban J connectivity index is 1.57. The van der Waals surface area contributed by atoms with Gasteiger partial charge in [0.1, 0.15) is 5.75 Å². The lowest BCUT2D eigenvalue weighted by molar-refractivity contribution is 0.331. The number of nitrogens with one attached hydrogen (secondary N) is 1. The van der Waals surface area contributed by atoms with E-state index in [0.717, 1.165) is 28.7 Å². The standard InChI is InChI=1S/C23H29N3O/c1-17-7-9-19-22(15-17)25-21-10-8-18(27-2)16-20(21)23(19)24-11-3-4-12-26-13-5-6-14-26/h7-10,15-16H,3-6,11-14H2,1-2H3,(H,24,25). The molecule has 0 spiro atoms. The summed E-state index contributed by atoms with van der Waals surface area (Å²) in [5, 5.41) is 6.02. The molecule has 27 heavy (non-hydrogen) atoms. The number of anilines is 1. The maximum atomic E-state index is 5.45. The highest BCUT2D eigenvalue weighted by atomic mass is 16.5. The number of rotatable bonds is 7. The SMILES string of the molecule is COc1ccc2nc3cc(C)ccc3c(NCCCCN3CCCC3)c2c1. The van der Waals surface area contributed by atoms with Crippen molar-refractivity contribution in [2.75, 3.05) is 38.6 Å². The van der Waals surface area contributed by atoms with Crippen LogP contribution in [0.5, 0.6) is 5.75 Å². The van der Waals surface area contributed by atoms with E-state index in [1.165, 1.54) is 62.0 Å². The average molecular weight is 364 g/mol. The number of ether oxygens (including phenoxy) is 1. The first-order chi connectivity index (χ1) is 13.2.